The van der Waals surface area contributed by atoms with Crippen LogP contribution in [0.3, 0.4) is 0 Å². The topological polar surface area (TPSA) is 96.0 Å². The first-order valence-corrected chi connectivity index (χ1v) is 15.2. The molecule has 0 amide bonds. The van der Waals surface area contributed by atoms with Crippen molar-refractivity contribution in [3.05, 3.63) is 108 Å². The lowest BCUT2D eigenvalue weighted by molar-refractivity contribution is -0.150. The highest BCUT2D eigenvalue weighted by molar-refractivity contribution is 8.14. The maximum Gasteiger partial charge on any atom is 0.342 e. The van der Waals surface area contributed by atoms with Gasteiger partial charge in [0, 0.05) is 21.9 Å². The van der Waals surface area contributed by atoms with Crippen molar-refractivity contribution < 1.29 is 37.8 Å². The average Bonchev–Trinajstić information content (AvgIpc) is 3.28. The van der Waals surface area contributed by atoms with E-state index in [1.165, 1.54) is 12.1 Å². The molecule has 0 N–H and O–H groups in total. The van der Waals surface area contributed by atoms with Gasteiger partial charge in [-0.1, -0.05) is 38.6 Å². The fourth-order valence-electron chi connectivity index (χ4n) is 5.52. The fraction of sp³-hybridized carbons (Fsp3) is 0.257. The third-order valence-corrected chi connectivity index (χ3v) is 8.71. The largest absolute Gasteiger partial charge is 0.462 e. The van der Waals surface area contributed by atoms with Crippen molar-refractivity contribution >= 4 is 34.8 Å². The van der Waals surface area contributed by atoms with Gasteiger partial charge < -0.3 is 14.2 Å². The van der Waals surface area contributed by atoms with E-state index in [0.29, 0.717) is 10.5 Å². The van der Waals surface area contributed by atoms with Gasteiger partial charge in [-0.3, -0.25) is 9.59 Å². The molecular formula is C35H31FO7S. The number of hydrogen-bond donors (Lipinski definition) is 0. The number of benzene rings is 3. The Morgan fingerprint density at radius 1 is 0.932 bits per heavy atom. The Morgan fingerprint density at radius 2 is 1.61 bits per heavy atom. The van der Waals surface area contributed by atoms with Crippen LogP contribution in [0.1, 0.15) is 83.2 Å². The lowest BCUT2D eigenvalue weighted by atomic mass is 9.98. The highest BCUT2D eigenvalue weighted by Gasteiger charge is 2.28. The van der Waals surface area contributed by atoms with Crippen molar-refractivity contribution in [1.29, 1.82) is 0 Å². The Bertz CT molecular complexity index is 1670. The minimum atomic E-state index is -0.948. The second-order valence-corrected chi connectivity index (χ2v) is 11.8. The maximum atomic E-state index is 14.9. The number of carbonyl (C=O) groups is 4. The standard InChI is InChI=1S/C35H31FO7S/c1-4-41-34(39)22-10-13-26-27-14-12-25(19-29(27)21(3)28(26)17-22)44-35(40)23-11-15-31(30(36)18-23)43-33(38)20(2)16-32(37)42-24-8-6-5-7-9-24/h4,10-15,17-19,21,24H,1-2,5-9,16H2,3H3. The lowest BCUT2D eigenvalue weighted by Crippen LogP contribution is -2.22. The summed E-state index contributed by atoms with van der Waals surface area (Å²) in [6, 6.07) is 14.6. The van der Waals surface area contributed by atoms with Gasteiger partial charge in [0.1, 0.15) is 6.10 Å². The monoisotopic (exact) mass is 614 g/mol. The molecule has 0 saturated heterocycles. The summed E-state index contributed by atoms with van der Waals surface area (Å²) in [6.07, 6.45) is 5.30. The van der Waals surface area contributed by atoms with E-state index < -0.39 is 28.8 Å². The predicted octanol–water partition coefficient (Wildman–Crippen LogP) is 7.92. The molecule has 226 valence electrons. The Kier molecular flexibility index (Phi) is 9.44. The molecule has 5 rings (SSSR count). The zero-order chi connectivity index (χ0) is 31.4. The molecular weight excluding hydrogens is 583 g/mol. The SMILES string of the molecule is C=COC(=O)c1ccc2c(c1)C(C)c1cc(SC(=O)c3ccc(OC(=O)C(=C)CC(=O)OC4CCCCC4)c(F)c3)ccc1-2. The molecule has 0 heterocycles. The van der Waals surface area contributed by atoms with Gasteiger partial charge in [-0.2, -0.15) is 0 Å². The third kappa shape index (κ3) is 6.83. The van der Waals surface area contributed by atoms with Crippen LogP contribution in [-0.4, -0.2) is 29.1 Å². The Balaban J connectivity index is 1.20. The summed E-state index contributed by atoms with van der Waals surface area (Å²) >= 11 is 0.948. The number of thioether (sulfide) groups is 1. The molecule has 1 saturated carbocycles. The van der Waals surface area contributed by atoms with E-state index >= 15 is 0 Å². The van der Waals surface area contributed by atoms with Crippen molar-refractivity contribution in [3.63, 3.8) is 0 Å². The Labute approximate surface area is 259 Å². The van der Waals surface area contributed by atoms with Crippen molar-refractivity contribution in [1.82, 2.24) is 0 Å². The second kappa shape index (κ2) is 13.4. The molecule has 3 aromatic carbocycles. The number of esters is 3. The van der Waals surface area contributed by atoms with Gasteiger partial charge in [0.2, 0.25) is 5.12 Å². The van der Waals surface area contributed by atoms with Gasteiger partial charge in [0.25, 0.3) is 0 Å². The van der Waals surface area contributed by atoms with Crippen LogP contribution in [0, 0.1) is 5.82 Å². The number of carbonyl (C=O) groups excluding carboxylic acids is 4. The van der Waals surface area contributed by atoms with Gasteiger partial charge in [-0.05, 0) is 102 Å². The van der Waals surface area contributed by atoms with Gasteiger partial charge in [0.15, 0.2) is 11.6 Å². The van der Waals surface area contributed by atoms with E-state index in [9.17, 15) is 23.6 Å². The first kappa shape index (κ1) is 30.9. The predicted molar refractivity (Wildman–Crippen MR) is 164 cm³/mol. The summed E-state index contributed by atoms with van der Waals surface area (Å²) in [6.45, 7) is 9.03. The summed E-state index contributed by atoms with van der Waals surface area (Å²) in [7, 11) is 0. The number of hydrogen-bond acceptors (Lipinski definition) is 8. The highest BCUT2D eigenvalue weighted by atomic mass is 32.2. The van der Waals surface area contributed by atoms with E-state index in [4.69, 9.17) is 14.2 Å². The molecule has 0 spiro atoms. The first-order chi connectivity index (χ1) is 21.1. The molecule has 1 atom stereocenters. The Morgan fingerprint density at radius 3 is 2.32 bits per heavy atom. The molecule has 2 aliphatic carbocycles. The van der Waals surface area contributed by atoms with E-state index in [1.54, 1.807) is 12.1 Å². The smallest absolute Gasteiger partial charge is 0.342 e. The molecule has 9 heteroatoms. The number of rotatable bonds is 9. The van der Waals surface area contributed by atoms with Crippen molar-refractivity contribution in [2.24, 2.45) is 0 Å². The second-order valence-electron chi connectivity index (χ2n) is 10.8. The summed E-state index contributed by atoms with van der Waals surface area (Å²) < 4.78 is 30.3. The highest BCUT2D eigenvalue weighted by Crippen LogP contribution is 2.46. The molecule has 7 nitrogen and oxygen atoms in total. The van der Waals surface area contributed by atoms with Crippen LogP contribution in [-0.2, 0) is 19.1 Å². The number of fused-ring (bicyclic) bond motifs is 3. The molecule has 1 fully saturated rings. The van der Waals surface area contributed by atoms with Crippen molar-refractivity contribution in [2.75, 3.05) is 0 Å². The van der Waals surface area contributed by atoms with Crippen molar-refractivity contribution in [2.45, 2.75) is 62.4 Å². The van der Waals surface area contributed by atoms with Gasteiger partial charge in [-0.15, -0.1) is 0 Å². The fourth-order valence-corrected chi connectivity index (χ4v) is 6.30. The van der Waals surface area contributed by atoms with Crippen LogP contribution < -0.4 is 4.74 Å². The van der Waals surface area contributed by atoms with E-state index in [1.807, 2.05) is 31.2 Å². The molecule has 0 aliphatic heterocycles. The van der Waals surface area contributed by atoms with Crippen LogP contribution >= 0.6 is 11.8 Å². The summed E-state index contributed by atoms with van der Waals surface area (Å²) in [5.41, 5.74) is 4.35. The van der Waals surface area contributed by atoms with Crippen LogP contribution in [0.15, 0.2) is 84.5 Å². The van der Waals surface area contributed by atoms with Gasteiger partial charge in [-0.25, -0.2) is 14.0 Å². The zero-order valence-corrected chi connectivity index (χ0v) is 25.0. The van der Waals surface area contributed by atoms with Crippen LogP contribution in [0.5, 0.6) is 5.75 Å². The normalized spacial score (nSPS) is 15.5. The zero-order valence-electron chi connectivity index (χ0n) is 24.2. The third-order valence-electron chi connectivity index (χ3n) is 7.80. The number of halogens is 1. The minimum absolute atomic E-state index is 0.0255. The maximum absolute atomic E-state index is 14.9. The molecule has 0 bridgehead atoms. The summed E-state index contributed by atoms with van der Waals surface area (Å²) in [5, 5.41) is -0.394. The first-order valence-electron chi connectivity index (χ1n) is 14.4. The molecule has 3 aromatic rings. The van der Waals surface area contributed by atoms with Crippen LogP contribution in [0.2, 0.25) is 0 Å². The lowest BCUT2D eigenvalue weighted by Gasteiger charge is -2.21. The minimum Gasteiger partial charge on any atom is -0.462 e. The molecule has 0 radical (unpaired) electrons. The molecule has 44 heavy (non-hydrogen) atoms. The van der Waals surface area contributed by atoms with Crippen LogP contribution in [0.25, 0.3) is 11.1 Å². The molecule has 0 aromatic heterocycles. The van der Waals surface area contributed by atoms with E-state index in [0.717, 1.165) is 78.4 Å². The van der Waals surface area contributed by atoms with Crippen LogP contribution in [0.4, 0.5) is 4.39 Å². The quantitative estimate of drug-likeness (QED) is 0.0789. The average molecular weight is 615 g/mol. The van der Waals surface area contributed by atoms with Crippen molar-refractivity contribution in [3.8, 4) is 16.9 Å². The van der Waals surface area contributed by atoms with Gasteiger partial charge >= 0.3 is 17.9 Å². The summed E-state index contributed by atoms with van der Waals surface area (Å²) in [4.78, 5) is 50.5. The van der Waals surface area contributed by atoms with E-state index in [-0.39, 0.29) is 35.3 Å². The summed E-state index contributed by atoms with van der Waals surface area (Å²) in [5.74, 6) is -3.30. The van der Waals surface area contributed by atoms with Gasteiger partial charge in [0.05, 0.1) is 18.2 Å². The Hall–Kier alpha value is -4.50. The molecule has 2 aliphatic rings. The number of ether oxygens (including phenoxy) is 3. The van der Waals surface area contributed by atoms with E-state index in [2.05, 4.69) is 13.2 Å². The molecule has 1 unspecified atom stereocenters.